The van der Waals surface area contributed by atoms with Gasteiger partial charge in [-0.3, -0.25) is 9.59 Å². The normalized spacial score (nSPS) is 11.0. The third kappa shape index (κ3) is 4.22. The van der Waals surface area contributed by atoms with Crippen LogP contribution in [0.15, 0.2) is 29.2 Å². The Morgan fingerprint density at radius 2 is 2.12 bits per heavy atom. The third-order valence-corrected chi connectivity index (χ3v) is 2.90. The van der Waals surface area contributed by atoms with E-state index in [4.69, 9.17) is 0 Å². The molecule has 0 aliphatic rings. The summed E-state index contributed by atoms with van der Waals surface area (Å²) in [5.41, 5.74) is -0.433. The largest absolute Gasteiger partial charge is 0.432 e. The molecule has 0 fully saturated rings. The Labute approximate surface area is 134 Å². The second-order valence-electron chi connectivity index (χ2n) is 4.49. The average molecular weight is 339 g/mol. The Kier molecular flexibility index (Phi) is 5.35. The van der Waals surface area contributed by atoms with Crippen molar-refractivity contribution in [3.05, 3.63) is 57.5 Å². The van der Waals surface area contributed by atoms with Gasteiger partial charge in [0.2, 0.25) is 0 Å². The van der Waals surface area contributed by atoms with Crippen molar-refractivity contribution in [2.75, 3.05) is 7.05 Å². The monoisotopic (exact) mass is 339 g/mol. The standard InChI is InChI=1S/C15H12F3N3O3/c1-19-13(22)9-7-20-12(21-14(9)23)5-3-8-2-4-11(10(16)6-8)24-15(17)18/h2-7,15H,1H3,(H,19,22)(H,20,21,23)/b5-3+. The first-order chi connectivity index (χ1) is 11.4. The first-order valence-corrected chi connectivity index (χ1v) is 6.64. The van der Waals surface area contributed by atoms with Gasteiger partial charge in [0.15, 0.2) is 11.6 Å². The number of rotatable bonds is 5. The number of ether oxygens (including phenoxy) is 1. The molecule has 1 heterocycles. The molecule has 0 bridgehead atoms. The Bertz CT molecular complexity index is 834. The Hall–Kier alpha value is -3.10. The predicted octanol–water partition coefficient (Wildman–Crippen LogP) is 2.04. The van der Waals surface area contributed by atoms with E-state index in [0.29, 0.717) is 5.56 Å². The van der Waals surface area contributed by atoms with E-state index in [1.807, 2.05) is 0 Å². The third-order valence-electron chi connectivity index (χ3n) is 2.90. The van der Waals surface area contributed by atoms with Gasteiger partial charge in [-0.1, -0.05) is 12.1 Å². The molecule has 0 atom stereocenters. The number of carbonyl (C=O) groups excluding carboxylic acids is 1. The van der Waals surface area contributed by atoms with Gasteiger partial charge >= 0.3 is 6.61 Å². The molecular weight excluding hydrogens is 327 g/mol. The summed E-state index contributed by atoms with van der Waals surface area (Å²) >= 11 is 0. The van der Waals surface area contributed by atoms with Gasteiger partial charge in [-0.15, -0.1) is 0 Å². The van der Waals surface area contributed by atoms with Gasteiger partial charge in [-0.2, -0.15) is 8.78 Å². The summed E-state index contributed by atoms with van der Waals surface area (Å²) in [6.07, 6.45) is 3.89. The molecule has 0 unspecified atom stereocenters. The lowest BCUT2D eigenvalue weighted by molar-refractivity contribution is -0.0521. The molecule has 2 aromatic rings. The summed E-state index contributed by atoms with van der Waals surface area (Å²) in [5.74, 6) is -1.95. The fourth-order valence-corrected chi connectivity index (χ4v) is 1.78. The van der Waals surface area contributed by atoms with Crippen molar-refractivity contribution in [1.29, 1.82) is 0 Å². The summed E-state index contributed by atoms with van der Waals surface area (Å²) in [5, 5.41) is 2.30. The van der Waals surface area contributed by atoms with E-state index in [1.54, 1.807) is 0 Å². The minimum absolute atomic E-state index is 0.140. The summed E-state index contributed by atoms with van der Waals surface area (Å²) in [7, 11) is 1.38. The number of nitrogens with zero attached hydrogens (tertiary/aromatic N) is 1. The summed E-state index contributed by atoms with van der Waals surface area (Å²) < 4.78 is 41.7. The van der Waals surface area contributed by atoms with Gasteiger partial charge < -0.3 is 15.0 Å². The van der Waals surface area contributed by atoms with Crippen LogP contribution in [0.5, 0.6) is 5.75 Å². The van der Waals surface area contributed by atoms with Crippen LogP contribution in [0.25, 0.3) is 12.2 Å². The number of alkyl halides is 2. The molecule has 126 valence electrons. The fraction of sp³-hybridized carbons (Fsp3) is 0.133. The van der Waals surface area contributed by atoms with Crippen molar-refractivity contribution in [3.63, 3.8) is 0 Å². The van der Waals surface area contributed by atoms with E-state index in [0.717, 1.165) is 18.3 Å². The molecule has 0 radical (unpaired) electrons. The second kappa shape index (κ2) is 7.44. The average Bonchev–Trinajstić information content (AvgIpc) is 2.54. The number of H-pyrrole nitrogens is 1. The lowest BCUT2D eigenvalue weighted by Crippen LogP contribution is -2.27. The van der Waals surface area contributed by atoms with Gasteiger partial charge in [-0.05, 0) is 23.8 Å². The number of benzene rings is 1. The number of aromatic amines is 1. The van der Waals surface area contributed by atoms with Crippen LogP contribution >= 0.6 is 0 Å². The number of carbonyl (C=O) groups is 1. The zero-order valence-electron chi connectivity index (χ0n) is 12.3. The van der Waals surface area contributed by atoms with E-state index >= 15 is 0 Å². The topological polar surface area (TPSA) is 84.1 Å². The van der Waals surface area contributed by atoms with Crippen LogP contribution in [0.1, 0.15) is 21.7 Å². The van der Waals surface area contributed by atoms with Crippen LogP contribution in [0.2, 0.25) is 0 Å². The summed E-state index contributed by atoms with van der Waals surface area (Å²) in [4.78, 5) is 29.4. The van der Waals surface area contributed by atoms with Crippen molar-refractivity contribution >= 4 is 18.1 Å². The van der Waals surface area contributed by atoms with E-state index in [-0.39, 0.29) is 11.4 Å². The van der Waals surface area contributed by atoms with Crippen molar-refractivity contribution < 1.29 is 22.7 Å². The van der Waals surface area contributed by atoms with Crippen molar-refractivity contribution in [2.45, 2.75) is 6.61 Å². The minimum atomic E-state index is -3.12. The van der Waals surface area contributed by atoms with Gasteiger partial charge in [0.05, 0.1) is 0 Å². The molecule has 0 spiro atoms. The SMILES string of the molecule is CNC(=O)c1cnc(/C=C/c2ccc(OC(F)F)c(F)c2)[nH]c1=O. The Balaban J connectivity index is 2.19. The van der Waals surface area contributed by atoms with Gasteiger partial charge in [-0.25, -0.2) is 9.37 Å². The fourth-order valence-electron chi connectivity index (χ4n) is 1.78. The second-order valence-corrected chi connectivity index (χ2v) is 4.49. The van der Waals surface area contributed by atoms with E-state index in [9.17, 15) is 22.8 Å². The maximum atomic E-state index is 13.6. The number of amides is 1. The predicted molar refractivity (Wildman–Crippen MR) is 80.2 cm³/mol. The maximum absolute atomic E-state index is 13.6. The van der Waals surface area contributed by atoms with Crippen molar-refractivity contribution in [3.8, 4) is 5.75 Å². The minimum Gasteiger partial charge on any atom is -0.432 e. The summed E-state index contributed by atoms with van der Waals surface area (Å²) in [6, 6.07) is 3.41. The number of hydrogen-bond donors (Lipinski definition) is 2. The highest BCUT2D eigenvalue weighted by Crippen LogP contribution is 2.21. The maximum Gasteiger partial charge on any atom is 0.387 e. The lowest BCUT2D eigenvalue weighted by atomic mass is 10.2. The molecule has 6 nitrogen and oxygen atoms in total. The van der Waals surface area contributed by atoms with E-state index in [2.05, 4.69) is 20.0 Å². The quantitative estimate of drug-likeness (QED) is 0.873. The first-order valence-electron chi connectivity index (χ1n) is 6.64. The van der Waals surface area contributed by atoms with Crippen molar-refractivity contribution in [1.82, 2.24) is 15.3 Å². The van der Waals surface area contributed by atoms with E-state index in [1.165, 1.54) is 25.3 Å². The van der Waals surface area contributed by atoms with Crippen LogP contribution in [0, 0.1) is 5.82 Å². The molecule has 2 N–H and O–H groups in total. The van der Waals surface area contributed by atoms with Gasteiger partial charge in [0.25, 0.3) is 11.5 Å². The lowest BCUT2D eigenvalue weighted by Gasteiger charge is -2.05. The smallest absolute Gasteiger partial charge is 0.387 e. The van der Waals surface area contributed by atoms with Crippen LogP contribution in [0.3, 0.4) is 0 Å². The zero-order chi connectivity index (χ0) is 17.7. The molecule has 0 saturated heterocycles. The number of nitrogens with one attached hydrogen (secondary N) is 2. The molecule has 24 heavy (non-hydrogen) atoms. The van der Waals surface area contributed by atoms with Crippen molar-refractivity contribution in [2.24, 2.45) is 0 Å². The molecular formula is C15H12F3N3O3. The molecule has 1 amide bonds. The van der Waals surface area contributed by atoms with Crippen LogP contribution in [-0.2, 0) is 0 Å². The Morgan fingerprint density at radius 3 is 2.71 bits per heavy atom. The molecule has 1 aromatic heterocycles. The number of hydrogen-bond acceptors (Lipinski definition) is 4. The first kappa shape index (κ1) is 17.3. The number of halogens is 3. The zero-order valence-corrected chi connectivity index (χ0v) is 12.3. The van der Waals surface area contributed by atoms with Gasteiger partial charge in [0, 0.05) is 13.2 Å². The molecule has 1 aromatic carbocycles. The van der Waals surface area contributed by atoms with Crippen LogP contribution < -0.4 is 15.6 Å². The van der Waals surface area contributed by atoms with Crippen LogP contribution in [0.4, 0.5) is 13.2 Å². The number of aromatic nitrogens is 2. The molecule has 2 rings (SSSR count). The highest BCUT2D eigenvalue weighted by molar-refractivity contribution is 5.93. The molecule has 0 aliphatic heterocycles. The highest BCUT2D eigenvalue weighted by atomic mass is 19.3. The van der Waals surface area contributed by atoms with Gasteiger partial charge in [0.1, 0.15) is 11.4 Å². The molecule has 9 heteroatoms. The highest BCUT2D eigenvalue weighted by Gasteiger charge is 2.10. The van der Waals surface area contributed by atoms with E-state index < -0.39 is 29.6 Å². The molecule has 0 saturated carbocycles. The summed E-state index contributed by atoms with van der Waals surface area (Å²) in [6.45, 7) is -3.12. The van der Waals surface area contributed by atoms with Crippen LogP contribution in [-0.4, -0.2) is 29.5 Å². The molecule has 0 aliphatic carbocycles. The Morgan fingerprint density at radius 1 is 1.38 bits per heavy atom.